The van der Waals surface area contributed by atoms with E-state index >= 15 is 0 Å². The van der Waals surface area contributed by atoms with Gasteiger partial charge in [-0.2, -0.15) is 0 Å². The summed E-state index contributed by atoms with van der Waals surface area (Å²) in [6.07, 6.45) is 0.645. The molecular weight excluding hydrogens is 398 g/mol. The lowest BCUT2D eigenvalue weighted by Gasteiger charge is -2.13. The number of anilines is 1. The number of carbonyl (C=O) groups is 2. The monoisotopic (exact) mass is 423 g/mol. The maximum atomic E-state index is 12.4. The highest BCUT2D eigenvalue weighted by molar-refractivity contribution is 7.99. The van der Waals surface area contributed by atoms with Gasteiger partial charge in [0.15, 0.2) is 5.16 Å². The Morgan fingerprint density at radius 3 is 2.61 bits per heavy atom. The van der Waals surface area contributed by atoms with Crippen LogP contribution >= 0.6 is 23.4 Å². The number of benzene rings is 1. The molecule has 28 heavy (non-hydrogen) atoms. The summed E-state index contributed by atoms with van der Waals surface area (Å²) in [6, 6.07) is 3.79. The third-order valence-corrected chi connectivity index (χ3v) is 5.23. The van der Waals surface area contributed by atoms with Crippen molar-refractivity contribution in [3.05, 3.63) is 34.1 Å². The Balaban J connectivity index is 2.07. The van der Waals surface area contributed by atoms with Gasteiger partial charge in [0.05, 0.1) is 16.5 Å². The van der Waals surface area contributed by atoms with Crippen LogP contribution in [-0.4, -0.2) is 32.3 Å². The fourth-order valence-electron chi connectivity index (χ4n) is 2.77. The second kappa shape index (κ2) is 9.93. The summed E-state index contributed by atoms with van der Waals surface area (Å²) < 4.78 is 1.95. The van der Waals surface area contributed by atoms with E-state index in [1.807, 2.05) is 30.5 Å². The molecule has 2 amide bonds. The molecule has 0 spiro atoms. The molecule has 7 nitrogen and oxygen atoms in total. The van der Waals surface area contributed by atoms with E-state index in [0.29, 0.717) is 40.6 Å². The van der Waals surface area contributed by atoms with E-state index in [0.717, 1.165) is 11.1 Å². The molecule has 2 rings (SSSR count). The van der Waals surface area contributed by atoms with Crippen LogP contribution < -0.4 is 11.1 Å². The Bertz CT molecular complexity index is 843. The van der Waals surface area contributed by atoms with E-state index in [2.05, 4.69) is 29.4 Å². The van der Waals surface area contributed by atoms with E-state index in [1.165, 1.54) is 11.8 Å². The van der Waals surface area contributed by atoms with Gasteiger partial charge in [-0.1, -0.05) is 43.3 Å². The van der Waals surface area contributed by atoms with Gasteiger partial charge in [0.25, 0.3) is 0 Å². The minimum atomic E-state index is -0.377. The molecule has 0 aliphatic rings. The van der Waals surface area contributed by atoms with Crippen molar-refractivity contribution >= 4 is 40.9 Å². The quantitative estimate of drug-likeness (QED) is 0.602. The van der Waals surface area contributed by atoms with Gasteiger partial charge >= 0.3 is 0 Å². The van der Waals surface area contributed by atoms with Crippen molar-refractivity contribution in [3.8, 4) is 0 Å². The number of carbonyl (C=O) groups excluding carboxylic acids is 2. The highest BCUT2D eigenvalue weighted by Crippen LogP contribution is 2.28. The molecule has 1 aromatic heterocycles. The summed E-state index contributed by atoms with van der Waals surface area (Å²) in [6.45, 7) is 8.74. The van der Waals surface area contributed by atoms with Crippen LogP contribution in [-0.2, 0) is 22.6 Å². The second-order valence-electron chi connectivity index (χ2n) is 7.15. The molecule has 3 N–H and O–H groups in total. The lowest BCUT2D eigenvalue weighted by molar-refractivity contribution is -0.118. The van der Waals surface area contributed by atoms with Crippen LogP contribution in [0.5, 0.6) is 0 Å². The van der Waals surface area contributed by atoms with Crippen LogP contribution in [0.2, 0.25) is 5.02 Å². The van der Waals surface area contributed by atoms with E-state index in [9.17, 15) is 9.59 Å². The molecule has 0 saturated carbocycles. The molecule has 0 fully saturated rings. The highest BCUT2D eigenvalue weighted by Gasteiger charge is 2.17. The molecule has 0 saturated heterocycles. The minimum Gasteiger partial charge on any atom is -0.370 e. The Kier molecular flexibility index (Phi) is 7.88. The first-order valence-corrected chi connectivity index (χ1v) is 10.4. The maximum absolute atomic E-state index is 12.4. The van der Waals surface area contributed by atoms with E-state index in [1.54, 1.807) is 0 Å². The van der Waals surface area contributed by atoms with Crippen molar-refractivity contribution < 1.29 is 9.59 Å². The van der Waals surface area contributed by atoms with Crippen LogP contribution in [0.1, 0.15) is 37.2 Å². The summed E-state index contributed by atoms with van der Waals surface area (Å²) in [4.78, 5) is 23.5. The standard InChI is InChI=1S/C19H26ClN5O2S/c1-11(2)9-25-16(6-5-15(21)26)23-24-19(25)28-10-17(27)22-18-13(4)7-12(3)8-14(18)20/h7-8,11H,5-6,9-10H2,1-4H3,(H2,21,26)(H,22,27). The van der Waals surface area contributed by atoms with Crippen LogP contribution in [0.3, 0.4) is 0 Å². The summed E-state index contributed by atoms with van der Waals surface area (Å²) >= 11 is 7.56. The average Bonchev–Trinajstić information content (AvgIpc) is 2.95. The molecule has 152 valence electrons. The maximum Gasteiger partial charge on any atom is 0.234 e. The number of halogens is 1. The van der Waals surface area contributed by atoms with Crippen LogP contribution in [0, 0.1) is 19.8 Å². The fraction of sp³-hybridized carbons (Fsp3) is 0.474. The Morgan fingerprint density at radius 1 is 1.29 bits per heavy atom. The largest absolute Gasteiger partial charge is 0.370 e. The third-order valence-electron chi connectivity index (χ3n) is 3.96. The Labute approximate surface area is 174 Å². The molecule has 9 heteroatoms. The number of amides is 2. The second-order valence-corrected chi connectivity index (χ2v) is 8.49. The van der Waals surface area contributed by atoms with Gasteiger partial charge in [-0.3, -0.25) is 9.59 Å². The zero-order valence-electron chi connectivity index (χ0n) is 16.6. The first-order chi connectivity index (χ1) is 13.2. The SMILES string of the molecule is Cc1cc(C)c(NC(=O)CSc2nnc(CCC(N)=O)n2CC(C)C)c(Cl)c1. The third kappa shape index (κ3) is 6.24. The lowest BCUT2D eigenvalue weighted by Crippen LogP contribution is -2.17. The predicted molar refractivity (Wildman–Crippen MR) is 113 cm³/mol. The predicted octanol–water partition coefficient (Wildman–Crippen LogP) is 3.35. The zero-order chi connectivity index (χ0) is 20.8. The average molecular weight is 424 g/mol. The van der Waals surface area contributed by atoms with Crippen molar-refractivity contribution in [2.75, 3.05) is 11.1 Å². The number of nitrogens with zero attached hydrogens (tertiary/aromatic N) is 3. The molecule has 0 bridgehead atoms. The zero-order valence-corrected chi connectivity index (χ0v) is 18.2. The van der Waals surface area contributed by atoms with Crippen molar-refractivity contribution in [2.24, 2.45) is 11.7 Å². The van der Waals surface area contributed by atoms with Crippen LogP contribution in [0.4, 0.5) is 5.69 Å². The number of aryl methyl sites for hydroxylation is 3. The summed E-state index contributed by atoms with van der Waals surface area (Å²) in [5.74, 6) is 0.698. The molecular formula is C19H26ClN5O2S. The molecule has 0 radical (unpaired) electrons. The van der Waals surface area contributed by atoms with Crippen molar-refractivity contribution in [1.82, 2.24) is 14.8 Å². The van der Waals surface area contributed by atoms with Gasteiger partial charge in [0, 0.05) is 19.4 Å². The smallest absolute Gasteiger partial charge is 0.234 e. The highest BCUT2D eigenvalue weighted by atomic mass is 35.5. The number of nitrogens with one attached hydrogen (secondary N) is 1. The Morgan fingerprint density at radius 2 is 2.00 bits per heavy atom. The van der Waals surface area contributed by atoms with Crippen molar-refractivity contribution in [1.29, 1.82) is 0 Å². The number of thioether (sulfide) groups is 1. The summed E-state index contributed by atoms with van der Waals surface area (Å²) in [5.41, 5.74) is 7.83. The van der Waals surface area contributed by atoms with Gasteiger partial charge in [0.2, 0.25) is 11.8 Å². The fourth-order valence-corrected chi connectivity index (χ4v) is 3.91. The van der Waals surface area contributed by atoms with Crippen molar-refractivity contribution in [3.63, 3.8) is 0 Å². The number of primary amides is 1. The topological polar surface area (TPSA) is 103 Å². The van der Waals surface area contributed by atoms with Crippen LogP contribution in [0.15, 0.2) is 17.3 Å². The minimum absolute atomic E-state index is 0.170. The van der Waals surface area contributed by atoms with Gasteiger partial charge in [0.1, 0.15) is 5.82 Å². The lowest BCUT2D eigenvalue weighted by atomic mass is 10.1. The normalized spacial score (nSPS) is 11.1. The first kappa shape index (κ1) is 22.2. The van der Waals surface area contributed by atoms with Gasteiger partial charge in [-0.15, -0.1) is 10.2 Å². The molecule has 0 unspecified atom stereocenters. The van der Waals surface area contributed by atoms with Gasteiger partial charge in [-0.05, 0) is 37.0 Å². The van der Waals surface area contributed by atoms with E-state index in [4.69, 9.17) is 17.3 Å². The molecule has 0 aliphatic heterocycles. The number of hydrogen-bond donors (Lipinski definition) is 2. The first-order valence-electron chi connectivity index (χ1n) is 9.07. The van der Waals surface area contributed by atoms with Gasteiger partial charge < -0.3 is 15.6 Å². The van der Waals surface area contributed by atoms with E-state index < -0.39 is 0 Å². The number of rotatable bonds is 9. The molecule has 1 heterocycles. The summed E-state index contributed by atoms with van der Waals surface area (Å²) in [5, 5.41) is 12.4. The molecule has 0 atom stereocenters. The van der Waals surface area contributed by atoms with Crippen molar-refractivity contribution in [2.45, 2.75) is 52.2 Å². The number of hydrogen-bond acceptors (Lipinski definition) is 5. The van der Waals surface area contributed by atoms with E-state index in [-0.39, 0.29) is 24.0 Å². The number of nitrogens with two attached hydrogens (primary N) is 1. The molecule has 0 aliphatic carbocycles. The Hall–Kier alpha value is -2.06. The summed E-state index contributed by atoms with van der Waals surface area (Å²) in [7, 11) is 0. The molecule has 2 aromatic rings. The van der Waals surface area contributed by atoms with Gasteiger partial charge in [-0.25, -0.2) is 0 Å². The van der Waals surface area contributed by atoms with Crippen LogP contribution in [0.25, 0.3) is 0 Å². The molecule has 1 aromatic carbocycles. The number of aromatic nitrogens is 3.